The van der Waals surface area contributed by atoms with Gasteiger partial charge < -0.3 is 4.74 Å². The normalized spacial score (nSPS) is 10.1. The summed E-state index contributed by atoms with van der Waals surface area (Å²) in [6, 6.07) is 13.1. The zero-order chi connectivity index (χ0) is 15.2. The van der Waals surface area contributed by atoms with Crippen molar-refractivity contribution >= 4 is 11.5 Å². The summed E-state index contributed by atoms with van der Waals surface area (Å²) < 4.78 is 5.40. The first kappa shape index (κ1) is 14.7. The van der Waals surface area contributed by atoms with Gasteiger partial charge in [0.25, 0.3) is 5.69 Å². The summed E-state index contributed by atoms with van der Waals surface area (Å²) in [6.45, 7) is 1.91. The summed E-state index contributed by atoms with van der Waals surface area (Å²) >= 11 is 0. The topological polar surface area (TPSA) is 69.4 Å². The highest BCUT2D eigenvalue weighted by molar-refractivity contribution is 5.97. The van der Waals surface area contributed by atoms with E-state index < -0.39 is 4.92 Å². The standard InChI is InChI=1S/C16H15NO4/c1-2-12-6-8-15(9-7-12)21-11-16(18)13-4-3-5-14(10-13)17(19)20/h3-10H,2,11H2,1H3. The molecule has 5 heteroatoms. The smallest absolute Gasteiger partial charge is 0.270 e. The van der Waals surface area contributed by atoms with Crippen LogP contribution in [0.3, 0.4) is 0 Å². The van der Waals surface area contributed by atoms with Crippen molar-refractivity contribution in [2.45, 2.75) is 13.3 Å². The van der Waals surface area contributed by atoms with Gasteiger partial charge >= 0.3 is 0 Å². The lowest BCUT2D eigenvalue weighted by atomic mass is 10.1. The lowest BCUT2D eigenvalue weighted by Gasteiger charge is -2.06. The quantitative estimate of drug-likeness (QED) is 0.463. The zero-order valence-electron chi connectivity index (χ0n) is 11.6. The van der Waals surface area contributed by atoms with E-state index in [4.69, 9.17) is 4.74 Å². The largest absolute Gasteiger partial charge is 0.485 e. The van der Waals surface area contributed by atoms with Crippen molar-refractivity contribution in [1.82, 2.24) is 0 Å². The number of carbonyl (C=O) groups excluding carboxylic acids is 1. The Hall–Kier alpha value is -2.69. The van der Waals surface area contributed by atoms with E-state index in [1.807, 2.05) is 12.1 Å². The summed E-state index contributed by atoms with van der Waals surface area (Å²) in [6.07, 6.45) is 0.937. The van der Waals surface area contributed by atoms with Crippen LogP contribution in [0.25, 0.3) is 0 Å². The summed E-state index contributed by atoms with van der Waals surface area (Å²) in [5.41, 5.74) is 1.36. The maximum Gasteiger partial charge on any atom is 0.270 e. The molecule has 5 nitrogen and oxygen atoms in total. The number of aryl methyl sites for hydroxylation is 1. The van der Waals surface area contributed by atoms with Crippen LogP contribution in [-0.2, 0) is 6.42 Å². The lowest BCUT2D eigenvalue weighted by Crippen LogP contribution is -2.11. The Kier molecular flexibility index (Phi) is 4.66. The number of hydrogen-bond donors (Lipinski definition) is 0. The Bertz CT molecular complexity index is 650. The number of hydrogen-bond acceptors (Lipinski definition) is 4. The van der Waals surface area contributed by atoms with Gasteiger partial charge in [-0.2, -0.15) is 0 Å². The summed E-state index contributed by atoms with van der Waals surface area (Å²) in [5, 5.41) is 10.7. The first-order valence-corrected chi connectivity index (χ1v) is 6.59. The van der Waals surface area contributed by atoms with E-state index in [-0.39, 0.29) is 23.6 Å². The number of ether oxygens (including phenoxy) is 1. The number of carbonyl (C=O) groups is 1. The summed E-state index contributed by atoms with van der Waals surface area (Å²) in [7, 11) is 0. The Morgan fingerprint density at radius 2 is 1.90 bits per heavy atom. The van der Waals surface area contributed by atoms with Crippen molar-refractivity contribution in [3.05, 3.63) is 69.8 Å². The number of nitro benzene ring substituents is 1. The molecule has 0 atom stereocenters. The molecule has 0 N–H and O–H groups in total. The van der Waals surface area contributed by atoms with Crippen LogP contribution >= 0.6 is 0 Å². The summed E-state index contributed by atoms with van der Waals surface area (Å²) in [4.78, 5) is 22.1. The third-order valence-corrected chi connectivity index (χ3v) is 3.08. The Morgan fingerprint density at radius 1 is 1.19 bits per heavy atom. The molecule has 0 bridgehead atoms. The van der Waals surface area contributed by atoms with Crippen LogP contribution in [0.5, 0.6) is 5.75 Å². The Morgan fingerprint density at radius 3 is 2.52 bits per heavy atom. The highest BCUT2D eigenvalue weighted by Crippen LogP contribution is 2.15. The SMILES string of the molecule is CCc1ccc(OCC(=O)c2cccc([N+](=O)[O-])c2)cc1. The minimum Gasteiger partial charge on any atom is -0.485 e. The third kappa shape index (κ3) is 3.89. The molecule has 0 radical (unpaired) electrons. The molecule has 0 unspecified atom stereocenters. The van der Waals surface area contributed by atoms with Crippen molar-refractivity contribution in [3.8, 4) is 5.75 Å². The molecule has 21 heavy (non-hydrogen) atoms. The van der Waals surface area contributed by atoms with Crippen LogP contribution in [0.15, 0.2) is 48.5 Å². The van der Waals surface area contributed by atoms with Gasteiger partial charge in [-0.05, 0) is 24.1 Å². The van der Waals surface area contributed by atoms with E-state index in [9.17, 15) is 14.9 Å². The van der Waals surface area contributed by atoms with Crippen LogP contribution in [-0.4, -0.2) is 17.3 Å². The van der Waals surface area contributed by atoms with Crippen LogP contribution in [0.2, 0.25) is 0 Å². The molecule has 0 amide bonds. The van der Waals surface area contributed by atoms with Crippen molar-refractivity contribution < 1.29 is 14.5 Å². The fraction of sp³-hybridized carbons (Fsp3) is 0.188. The van der Waals surface area contributed by atoms with Gasteiger partial charge in [0.2, 0.25) is 0 Å². The number of nitrogens with zero attached hydrogens (tertiary/aromatic N) is 1. The minimum atomic E-state index is -0.527. The van der Waals surface area contributed by atoms with Crippen molar-refractivity contribution in [2.24, 2.45) is 0 Å². The van der Waals surface area contributed by atoms with E-state index in [0.29, 0.717) is 5.75 Å². The summed E-state index contributed by atoms with van der Waals surface area (Å²) in [5.74, 6) is 0.309. The molecule has 0 saturated heterocycles. The maximum atomic E-state index is 12.0. The van der Waals surface area contributed by atoms with Crippen LogP contribution in [0, 0.1) is 10.1 Å². The average Bonchev–Trinajstić information content (AvgIpc) is 2.53. The van der Waals surface area contributed by atoms with Gasteiger partial charge in [0.1, 0.15) is 5.75 Å². The zero-order valence-corrected chi connectivity index (χ0v) is 11.6. The van der Waals surface area contributed by atoms with Crippen LogP contribution in [0.1, 0.15) is 22.8 Å². The Balaban J connectivity index is 2.00. The van der Waals surface area contributed by atoms with E-state index >= 15 is 0 Å². The van der Waals surface area contributed by atoms with Gasteiger partial charge in [0, 0.05) is 17.7 Å². The molecule has 0 aliphatic carbocycles. The van der Waals surface area contributed by atoms with E-state index in [0.717, 1.165) is 6.42 Å². The van der Waals surface area contributed by atoms with Crippen LogP contribution < -0.4 is 4.74 Å². The van der Waals surface area contributed by atoms with E-state index in [2.05, 4.69) is 6.92 Å². The average molecular weight is 285 g/mol. The highest BCUT2D eigenvalue weighted by atomic mass is 16.6. The molecule has 0 spiro atoms. The van der Waals surface area contributed by atoms with Gasteiger partial charge in [0.05, 0.1) is 4.92 Å². The fourth-order valence-corrected chi connectivity index (χ4v) is 1.85. The second kappa shape index (κ2) is 6.65. The number of ketones is 1. The molecule has 2 aromatic carbocycles. The number of benzene rings is 2. The molecule has 0 heterocycles. The molecule has 0 aliphatic heterocycles. The molecule has 0 aliphatic rings. The monoisotopic (exact) mass is 285 g/mol. The van der Waals surface area contributed by atoms with Gasteiger partial charge in [0.15, 0.2) is 12.4 Å². The first-order chi connectivity index (χ1) is 10.1. The molecule has 0 fully saturated rings. The molecule has 2 aromatic rings. The van der Waals surface area contributed by atoms with Gasteiger partial charge in [-0.25, -0.2) is 0 Å². The van der Waals surface area contributed by atoms with E-state index in [1.54, 1.807) is 18.2 Å². The molecular formula is C16H15NO4. The second-order valence-electron chi connectivity index (χ2n) is 4.52. The molecule has 0 saturated carbocycles. The molecule has 108 valence electrons. The number of nitro groups is 1. The lowest BCUT2D eigenvalue weighted by molar-refractivity contribution is -0.384. The predicted octanol–water partition coefficient (Wildman–Crippen LogP) is 3.42. The fourth-order valence-electron chi connectivity index (χ4n) is 1.85. The molecular weight excluding hydrogens is 270 g/mol. The second-order valence-corrected chi connectivity index (χ2v) is 4.52. The molecule has 0 aromatic heterocycles. The minimum absolute atomic E-state index is 0.104. The maximum absolute atomic E-state index is 12.0. The predicted molar refractivity (Wildman–Crippen MR) is 78.7 cm³/mol. The van der Waals surface area contributed by atoms with Gasteiger partial charge in [-0.15, -0.1) is 0 Å². The highest BCUT2D eigenvalue weighted by Gasteiger charge is 2.12. The Labute approximate surface area is 122 Å². The number of non-ortho nitro benzene ring substituents is 1. The van der Waals surface area contributed by atoms with Crippen molar-refractivity contribution in [2.75, 3.05) is 6.61 Å². The van der Waals surface area contributed by atoms with Crippen molar-refractivity contribution in [1.29, 1.82) is 0 Å². The molecule has 2 rings (SSSR count). The van der Waals surface area contributed by atoms with Gasteiger partial charge in [-0.1, -0.05) is 31.2 Å². The van der Waals surface area contributed by atoms with E-state index in [1.165, 1.54) is 23.8 Å². The van der Waals surface area contributed by atoms with Gasteiger partial charge in [-0.3, -0.25) is 14.9 Å². The first-order valence-electron chi connectivity index (χ1n) is 6.59. The number of rotatable bonds is 6. The van der Waals surface area contributed by atoms with Crippen molar-refractivity contribution in [3.63, 3.8) is 0 Å². The van der Waals surface area contributed by atoms with Crippen LogP contribution in [0.4, 0.5) is 5.69 Å². The number of Topliss-reactive ketones (excluding diaryl/α,β-unsaturated/α-hetero) is 1. The third-order valence-electron chi connectivity index (χ3n) is 3.08.